The lowest BCUT2D eigenvalue weighted by Crippen LogP contribution is -2.54. The Morgan fingerprint density at radius 1 is 0.935 bits per heavy atom. The first-order chi connectivity index (χ1) is 15.2. The van der Waals surface area contributed by atoms with Gasteiger partial charge in [-0.05, 0) is 23.3 Å². The molecular weight excluding hydrogens is 392 g/mol. The Hall–Kier alpha value is -2.71. The van der Waals surface area contributed by atoms with E-state index in [1.807, 2.05) is 11.0 Å². The van der Waals surface area contributed by atoms with E-state index in [4.69, 9.17) is 4.74 Å². The van der Waals surface area contributed by atoms with Crippen LogP contribution >= 0.6 is 0 Å². The number of rotatable bonds is 5. The minimum Gasteiger partial charge on any atom is -0.493 e. The summed E-state index contributed by atoms with van der Waals surface area (Å²) in [6.45, 7) is 9.23. The summed E-state index contributed by atoms with van der Waals surface area (Å²) in [6, 6.07) is 8.40. The van der Waals surface area contributed by atoms with E-state index in [2.05, 4.69) is 42.9 Å². The van der Waals surface area contributed by atoms with Crippen molar-refractivity contribution in [3.63, 3.8) is 0 Å². The standard InChI is InChI=1S/C23H30N6O2/c30-22(28-11-13-29(14-12-28)23-24-5-1-6-25-23)18-27-9-7-26(8-10-27)17-19-2-3-21-20(16-19)4-15-31-21/h1-3,5-6,16H,4,7-15,17-18H2. The first kappa shape index (κ1) is 20.2. The van der Waals surface area contributed by atoms with Crippen LogP contribution in [0.2, 0.25) is 0 Å². The molecule has 0 saturated carbocycles. The maximum Gasteiger partial charge on any atom is 0.236 e. The number of piperazine rings is 2. The summed E-state index contributed by atoms with van der Waals surface area (Å²) < 4.78 is 5.61. The molecule has 0 spiro atoms. The van der Waals surface area contributed by atoms with Crippen LogP contribution < -0.4 is 9.64 Å². The molecule has 0 radical (unpaired) electrons. The third kappa shape index (κ3) is 4.80. The van der Waals surface area contributed by atoms with E-state index in [0.717, 1.165) is 83.6 Å². The molecule has 0 bridgehead atoms. The van der Waals surface area contributed by atoms with Crippen LogP contribution in [0.25, 0.3) is 0 Å². The Balaban J connectivity index is 1.05. The van der Waals surface area contributed by atoms with Crippen LogP contribution in [-0.2, 0) is 17.8 Å². The number of hydrogen-bond acceptors (Lipinski definition) is 7. The van der Waals surface area contributed by atoms with Crippen LogP contribution in [0.3, 0.4) is 0 Å². The zero-order valence-corrected chi connectivity index (χ0v) is 17.9. The Morgan fingerprint density at radius 3 is 2.45 bits per heavy atom. The molecule has 164 valence electrons. The number of benzene rings is 1. The Labute approximate surface area is 183 Å². The highest BCUT2D eigenvalue weighted by Crippen LogP contribution is 2.26. The normalized spacial score (nSPS) is 19.9. The van der Waals surface area contributed by atoms with Gasteiger partial charge >= 0.3 is 0 Å². The van der Waals surface area contributed by atoms with Gasteiger partial charge < -0.3 is 14.5 Å². The Bertz CT molecular complexity index is 892. The predicted molar refractivity (Wildman–Crippen MR) is 118 cm³/mol. The number of fused-ring (bicyclic) bond motifs is 1. The Morgan fingerprint density at radius 2 is 1.68 bits per heavy atom. The zero-order valence-electron chi connectivity index (χ0n) is 17.9. The topological polar surface area (TPSA) is 65.0 Å². The van der Waals surface area contributed by atoms with Crippen molar-refractivity contribution in [1.82, 2.24) is 24.7 Å². The second-order valence-electron chi connectivity index (χ2n) is 8.51. The lowest BCUT2D eigenvalue weighted by Gasteiger charge is -2.38. The molecule has 1 amide bonds. The van der Waals surface area contributed by atoms with E-state index in [1.165, 1.54) is 11.1 Å². The minimum absolute atomic E-state index is 0.237. The fourth-order valence-electron chi connectivity index (χ4n) is 4.60. The first-order valence-corrected chi connectivity index (χ1v) is 11.2. The average Bonchev–Trinajstić information content (AvgIpc) is 3.29. The molecule has 0 atom stereocenters. The molecule has 5 rings (SSSR count). The summed E-state index contributed by atoms with van der Waals surface area (Å²) in [4.78, 5) is 30.3. The summed E-state index contributed by atoms with van der Waals surface area (Å²) >= 11 is 0. The van der Waals surface area contributed by atoms with Gasteiger partial charge in [0.15, 0.2) is 0 Å². The number of amides is 1. The van der Waals surface area contributed by atoms with Gasteiger partial charge in [0.25, 0.3) is 0 Å². The molecule has 3 aliphatic rings. The van der Waals surface area contributed by atoms with Crippen molar-refractivity contribution < 1.29 is 9.53 Å². The zero-order chi connectivity index (χ0) is 21.0. The summed E-state index contributed by atoms with van der Waals surface area (Å²) in [5.74, 6) is 2.03. The highest BCUT2D eigenvalue weighted by Gasteiger charge is 2.25. The molecular formula is C23H30N6O2. The number of ether oxygens (including phenoxy) is 1. The van der Waals surface area contributed by atoms with Gasteiger partial charge in [-0.1, -0.05) is 12.1 Å². The van der Waals surface area contributed by atoms with Gasteiger partial charge in [-0.2, -0.15) is 0 Å². The van der Waals surface area contributed by atoms with Gasteiger partial charge in [0.1, 0.15) is 5.75 Å². The third-order valence-electron chi connectivity index (χ3n) is 6.45. The summed E-state index contributed by atoms with van der Waals surface area (Å²) in [6.07, 6.45) is 4.54. The molecule has 1 aromatic heterocycles. The third-order valence-corrected chi connectivity index (χ3v) is 6.45. The van der Waals surface area contributed by atoms with Crippen molar-refractivity contribution in [3.05, 3.63) is 47.8 Å². The van der Waals surface area contributed by atoms with Gasteiger partial charge in [0, 0.05) is 77.7 Å². The number of carbonyl (C=O) groups excluding carboxylic acids is 1. The van der Waals surface area contributed by atoms with Crippen LogP contribution in [0.4, 0.5) is 5.95 Å². The number of aromatic nitrogens is 2. The van der Waals surface area contributed by atoms with Crippen LogP contribution in [0.5, 0.6) is 5.75 Å². The van der Waals surface area contributed by atoms with Crippen LogP contribution in [0.15, 0.2) is 36.7 Å². The van der Waals surface area contributed by atoms with Crippen molar-refractivity contribution in [2.45, 2.75) is 13.0 Å². The largest absolute Gasteiger partial charge is 0.493 e. The average molecular weight is 423 g/mol. The van der Waals surface area contributed by atoms with Gasteiger partial charge in [0.05, 0.1) is 13.2 Å². The minimum atomic E-state index is 0.237. The number of nitrogens with zero attached hydrogens (tertiary/aromatic N) is 6. The second kappa shape index (κ2) is 9.20. The molecule has 1 aromatic carbocycles. The maximum absolute atomic E-state index is 12.8. The summed E-state index contributed by atoms with van der Waals surface area (Å²) in [7, 11) is 0. The lowest BCUT2D eigenvalue weighted by atomic mass is 10.1. The predicted octanol–water partition coefficient (Wildman–Crippen LogP) is 0.878. The molecule has 8 heteroatoms. The van der Waals surface area contributed by atoms with E-state index in [-0.39, 0.29) is 5.91 Å². The van der Waals surface area contributed by atoms with Crippen molar-refractivity contribution >= 4 is 11.9 Å². The molecule has 2 aromatic rings. The Kier molecular flexibility index (Phi) is 5.99. The van der Waals surface area contributed by atoms with Gasteiger partial charge in [-0.25, -0.2) is 9.97 Å². The van der Waals surface area contributed by atoms with E-state index >= 15 is 0 Å². The molecule has 2 fully saturated rings. The molecule has 2 saturated heterocycles. The quantitative estimate of drug-likeness (QED) is 0.709. The van der Waals surface area contributed by atoms with E-state index < -0.39 is 0 Å². The molecule has 8 nitrogen and oxygen atoms in total. The molecule has 3 aliphatic heterocycles. The number of anilines is 1. The smallest absolute Gasteiger partial charge is 0.236 e. The molecule has 0 unspecified atom stereocenters. The van der Waals surface area contributed by atoms with E-state index in [1.54, 1.807) is 12.4 Å². The maximum atomic E-state index is 12.8. The van der Waals surface area contributed by atoms with Crippen LogP contribution in [-0.4, -0.2) is 96.1 Å². The van der Waals surface area contributed by atoms with Gasteiger partial charge in [-0.3, -0.25) is 14.6 Å². The van der Waals surface area contributed by atoms with E-state index in [0.29, 0.717) is 6.54 Å². The molecule has 0 N–H and O–H groups in total. The van der Waals surface area contributed by atoms with Crippen molar-refractivity contribution in [1.29, 1.82) is 0 Å². The fourth-order valence-corrected chi connectivity index (χ4v) is 4.60. The van der Waals surface area contributed by atoms with Crippen molar-refractivity contribution in [2.75, 3.05) is 70.4 Å². The highest BCUT2D eigenvalue weighted by molar-refractivity contribution is 5.78. The fraction of sp³-hybridized carbons (Fsp3) is 0.522. The summed E-state index contributed by atoms with van der Waals surface area (Å²) in [5.41, 5.74) is 2.69. The SMILES string of the molecule is O=C(CN1CCN(Cc2ccc3c(c2)CCO3)CC1)N1CCN(c2ncccn2)CC1. The summed E-state index contributed by atoms with van der Waals surface area (Å²) in [5, 5.41) is 0. The molecule has 4 heterocycles. The first-order valence-electron chi connectivity index (χ1n) is 11.2. The van der Waals surface area contributed by atoms with E-state index in [9.17, 15) is 4.79 Å². The van der Waals surface area contributed by atoms with Crippen molar-refractivity contribution in [2.24, 2.45) is 0 Å². The van der Waals surface area contributed by atoms with Crippen LogP contribution in [0.1, 0.15) is 11.1 Å². The van der Waals surface area contributed by atoms with Gasteiger partial charge in [-0.15, -0.1) is 0 Å². The van der Waals surface area contributed by atoms with Crippen molar-refractivity contribution in [3.8, 4) is 5.75 Å². The highest BCUT2D eigenvalue weighted by atomic mass is 16.5. The van der Waals surface area contributed by atoms with Crippen LogP contribution in [0, 0.1) is 0 Å². The number of hydrogen-bond donors (Lipinski definition) is 0. The molecule has 31 heavy (non-hydrogen) atoms. The monoisotopic (exact) mass is 422 g/mol. The van der Waals surface area contributed by atoms with Gasteiger partial charge in [0.2, 0.25) is 11.9 Å². The lowest BCUT2D eigenvalue weighted by molar-refractivity contribution is -0.133. The number of carbonyl (C=O) groups is 1. The molecule has 0 aliphatic carbocycles. The second-order valence-corrected chi connectivity index (χ2v) is 8.51.